The fourth-order valence-electron chi connectivity index (χ4n) is 3.89. The predicted octanol–water partition coefficient (Wildman–Crippen LogP) is 3.78. The molecule has 8 heteroatoms. The third kappa shape index (κ3) is 6.85. The number of para-hydroxylation sites is 1. The normalized spacial score (nSPS) is 19.1. The van der Waals surface area contributed by atoms with Gasteiger partial charge in [0.05, 0.1) is 13.7 Å². The monoisotopic (exact) mass is 526 g/mol. The highest BCUT2D eigenvalue weighted by Crippen LogP contribution is 2.23. The van der Waals surface area contributed by atoms with E-state index in [2.05, 4.69) is 45.3 Å². The summed E-state index contributed by atoms with van der Waals surface area (Å²) in [6.07, 6.45) is 7.76. The maximum Gasteiger partial charge on any atom is 0.191 e. The topological polar surface area (TPSA) is 76.4 Å². The van der Waals surface area contributed by atoms with Crippen LogP contribution in [0.15, 0.2) is 35.6 Å². The van der Waals surface area contributed by atoms with E-state index in [9.17, 15) is 0 Å². The summed E-state index contributed by atoms with van der Waals surface area (Å²) >= 11 is 0. The van der Waals surface area contributed by atoms with Crippen molar-refractivity contribution < 1.29 is 4.74 Å². The fraction of sp³-hybridized carbons (Fsp3) is 0.591. The number of aliphatic imine (C=N–C) groups is 1. The Balaban J connectivity index is 0.00000320. The number of hydrogen-bond acceptors (Lipinski definition) is 4. The minimum absolute atomic E-state index is 0. The summed E-state index contributed by atoms with van der Waals surface area (Å²) in [6.45, 7) is 6.59. The molecule has 1 fully saturated rings. The van der Waals surface area contributed by atoms with E-state index in [0.717, 1.165) is 42.6 Å². The quantitative estimate of drug-likeness (QED) is 0.311. The van der Waals surface area contributed by atoms with Crippen LogP contribution in [-0.4, -0.2) is 40.4 Å². The Kier molecular flexibility index (Phi) is 10.4. The minimum Gasteiger partial charge on any atom is -0.496 e. The summed E-state index contributed by atoms with van der Waals surface area (Å²) in [4.78, 5) is 4.87. The lowest BCUT2D eigenvalue weighted by atomic mass is 9.86. The molecule has 0 amide bonds. The third-order valence-electron chi connectivity index (χ3n) is 5.69. The Bertz CT molecular complexity index is 793. The van der Waals surface area contributed by atoms with Crippen molar-refractivity contribution in [1.82, 2.24) is 25.4 Å². The number of guanidine groups is 1. The molecule has 0 saturated heterocycles. The molecule has 1 heterocycles. The maximum atomic E-state index is 5.47. The maximum absolute atomic E-state index is 5.47. The van der Waals surface area contributed by atoms with E-state index in [1.165, 1.54) is 25.7 Å². The highest BCUT2D eigenvalue weighted by atomic mass is 127. The molecule has 0 aliphatic heterocycles. The summed E-state index contributed by atoms with van der Waals surface area (Å²) in [6, 6.07) is 8.52. The molecule has 7 nitrogen and oxygen atoms in total. The molecule has 2 unspecified atom stereocenters. The van der Waals surface area contributed by atoms with Crippen molar-refractivity contribution in [3.05, 3.63) is 42.0 Å². The van der Waals surface area contributed by atoms with E-state index < -0.39 is 0 Å². The molecule has 1 aromatic carbocycles. The van der Waals surface area contributed by atoms with Crippen molar-refractivity contribution in [1.29, 1.82) is 0 Å². The van der Waals surface area contributed by atoms with Crippen LogP contribution in [0, 0.1) is 5.92 Å². The molecular weight excluding hydrogens is 491 g/mol. The van der Waals surface area contributed by atoms with Crippen molar-refractivity contribution in [2.75, 3.05) is 13.7 Å². The van der Waals surface area contributed by atoms with E-state index >= 15 is 0 Å². The van der Waals surface area contributed by atoms with E-state index in [-0.39, 0.29) is 24.0 Å². The van der Waals surface area contributed by atoms with Gasteiger partial charge >= 0.3 is 0 Å². The zero-order valence-electron chi connectivity index (χ0n) is 18.3. The van der Waals surface area contributed by atoms with Gasteiger partial charge in [0.2, 0.25) is 0 Å². The second-order valence-corrected chi connectivity index (χ2v) is 7.71. The fourth-order valence-corrected chi connectivity index (χ4v) is 3.89. The van der Waals surface area contributed by atoms with Crippen LogP contribution in [0.3, 0.4) is 0 Å². The third-order valence-corrected chi connectivity index (χ3v) is 5.69. The van der Waals surface area contributed by atoms with Crippen LogP contribution in [0.25, 0.3) is 0 Å². The number of aromatic nitrogens is 3. The molecule has 166 valence electrons. The van der Waals surface area contributed by atoms with Gasteiger partial charge in [-0.15, -0.1) is 34.2 Å². The van der Waals surface area contributed by atoms with Gasteiger partial charge < -0.3 is 19.9 Å². The molecule has 0 spiro atoms. The van der Waals surface area contributed by atoms with Gasteiger partial charge in [0.25, 0.3) is 0 Å². The van der Waals surface area contributed by atoms with Crippen molar-refractivity contribution in [3.63, 3.8) is 0 Å². The number of nitrogens with zero attached hydrogens (tertiary/aromatic N) is 4. The number of ether oxygens (including phenoxy) is 1. The lowest BCUT2D eigenvalue weighted by molar-refractivity contribution is 0.306. The van der Waals surface area contributed by atoms with Crippen LogP contribution in [-0.2, 0) is 19.5 Å². The molecule has 1 saturated carbocycles. The number of nitrogens with one attached hydrogen (secondary N) is 2. The molecule has 0 radical (unpaired) electrons. The average molecular weight is 526 g/mol. The van der Waals surface area contributed by atoms with Crippen molar-refractivity contribution >= 4 is 29.9 Å². The van der Waals surface area contributed by atoms with Crippen molar-refractivity contribution in [2.45, 2.75) is 65.1 Å². The first-order valence-electron chi connectivity index (χ1n) is 10.7. The number of benzene rings is 1. The Morgan fingerprint density at radius 1 is 1.27 bits per heavy atom. The van der Waals surface area contributed by atoms with Gasteiger partial charge in [-0.3, -0.25) is 0 Å². The van der Waals surface area contributed by atoms with Crippen LogP contribution < -0.4 is 15.4 Å². The summed E-state index contributed by atoms with van der Waals surface area (Å²) in [5.41, 5.74) is 1.08. The molecule has 1 aliphatic carbocycles. The Hall–Kier alpha value is -1.84. The van der Waals surface area contributed by atoms with Crippen LogP contribution in [0.4, 0.5) is 0 Å². The number of aryl methyl sites for hydroxylation is 1. The molecule has 2 atom stereocenters. The van der Waals surface area contributed by atoms with Crippen LogP contribution >= 0.6 is 24.0 Å². The minimum atomic E-state index is 0. The Morgan fingerprint density at radius 2 is 2.07 bits per heavy atom. The number of hydrogen-bond donors (Lipinski definition) is 2. The van der Waals surface area contributed by atoms with Crippen molar-refractivity contribution in [2.24, 2.45) is 10.9 Å². The summed E-state index contributed by atoms with van der Waals surface area (Å²) in [5, 5.41) is 15.4. The van der Waals surface area contributed by atoms with E-state index in [1.807, 2.05) is 18.2 Å². The van der Waals surface area contributed by atoms with Crippen LogP contribution in [0.2, 0.25) is 0 Å². The summed E-state index contributed by atoms with van der Waals surface area (Å²) in [7, 11) is 1.70. The van der Waals surface area contributed by atoms with Gasteiger partial charge in [-0.25, -0.2) is 4.99 Å². The summed E-state index contributed by atoms with van der Waals surface area (Å²) in [5.74, 6) is 3.40. The Morgan fingerprint density at radius 3 is 2.83 bits per heavy atom. The molecular formula is C22H35IN6O. The van der Waals surface area contributed by atoms with Gasteiger partial charge in [0.1, 0.15) is 17.9 Å². The van der Waals surface area contributed by atoms with Gasteiger partial charge in [0, 0.05) is 31.1 Å². The molecule has 30 heavy (non-hydrogen) atoms. The first-order valence-corrected chi connectivity index (χ1v) is 10.7. The molecule has 1 aliphatic rings. The van der Waals surface area contributed by atoms with Crippen LogP contribution in [0.1, 0.15) is 50.9 Å². The van der Waals surface area contributed by atoms with Gasteiger partial charge in [0.15, 0.2) is 5.96 Å². The van der Waals surface area contributed by atoms with Crippen LogP contribution in [0.5, 0.6) is 5.75 Å². The first-order chi connectivity index (χ1) is 14.2. The standard InChI is InChI=1S/C22H34N6O.HI/c1-4-21-27-25-16-28(21)14-13-23-22(26-19-11-7-5-9-17(19)2)24-15-18-10-6-8-12-20(18)29-3;/h6,8,10,12,16-17,19H,4-5,7,9,11,13-15H2,1-3H3,(H2,23,24,26);1H. The lowest BCUT2D eigenvalue weighted by Crippen LogP contribution is -2.47. The van der Waals surface area contributed by atoms with Gasteiger partial charge in [-0.1, -0.05) is 44.9 Å². The number of halogens is 1. The SMILES string of the molecule is CCc1nncn1CCNC(=NCc1ccccc1OC)NC1CCCCC1C.I. The second kappa shape index (κ2) is 12.8. The van der Waals surface area contributed by atoms with E-state index in [1.54, 1.807) is 13.4 Å². The predicted molar refractivity (Wildman–Crippen MR) is 132 cm³/mol. The molecule has 3 rings (SSSR count). The Labute approximate surface area is 197 Å². The van der Waals surface area contributed by atoms with Crippen molar-refractivity contribution in [3.8, 4) is 5.75 Å². The number of rotatable bonds is 8. The second-order valence-electron chi connectivity index (χ2n) is 7.71. The first kappa shape index (κ1) is 24.4. The zero-order chi connectivity index (χ0) is 20.5. The molecule has 0 bridgehead atoms. The molecule has 2 N–H and O–H groups in total. The average Bonchev–Trinajstić information content (AvgIpc) is 3.21. The zero-order valence-corrected chi connectivity index (χ0v) is 20.6. The number of methoxy groups -OCH3 is 1. The highest BCUT2D eigenvalue weighted by Gasteiger charge is 2.22. The highest BCUT2D eigenvalue weighted by molar-refractivity contribution is 14.0. The summed E-state index contributed by atoms with van der Waals surface area (Å²) < 4.78 is 7.56. The smallest absolute Gasteiger partial charge is 0.191 e. The van der Waals surface area contributed by atoms with E-state index in [0.29, 0.717) is 18.5 Å². The van der Waals surface area contributed by atoms with Gasteiger partial charge in [-0.05, 0) is 24.8 Å². The molecule has 1 aromatic heterocycles. The largest absolute Gasteiger partial charge is 0.496 e. The lowest BCUT2D eigenvalue weighted by Gasteiger charge is -2.31. The van der Waals surface area contributed by atoms with E-state index in [4.69, 9.17) is 9.73 Å². The molecule has 2 aromatic rings. The van der Waals surface area contributed by atoms with Gasteiger partial charge in [-0.2, -0.15) is 0 Å².